The molecule has 2 aliphatic rings. The highest BCUT2D eigenvalue weighted by molar-refractivity contribution is 5.89. The van der Waals surface area contributed by atoms with Gasteiger partial charge in [-0.25, -0.2) is 4.79 Å². The number of aliphatic hydroxyl groups excluding tert-OH is 1. The van der Waals surface area contributed by atoms with Crippen LogP contribution in [0.4, 0.5) is 0 Å². The molecule has 6 atom stereocenters. The predicted octanol–water partition coefficient (Wildman–Crippen LogP) is 4.28. The molecule has 37 heavy (non-hydrogen) atoms. The standard InChI is InChI=1S/C30H32O7/c1-30(2)36-27-24(33-18-20-12-6-3-7-13-20)23(31)25(35-29(32)22-16-10-5-11-17-22)26(28(27)37-30)34-19-21-14-8-4-9-15-21/h3-17,23-28,31H,18-19H2,1-2H3/t23-,24-,25+,26-,27-,28+/m1/s1. The highest BCUT2D eigenvalue weighted by Crippen LogP contribution is 2.41. The first kappa shape index (κ1) is 25.6. The maximum absolute atomic E-state index is 13.1. The summed E-state index contributed by atoms with van der Waals surface area (Å²) in [6, 6.07) is 28.0. The molecule has 1 aliphatic carbocycles. The SMILES string of the molecule is CC1(C)O[C@@H]2[C@H](O1)[C@H](OCc1ccccc1)[C@@H](O)[C@H](OC(=O)c1ccccc1)[C@H]2OCc1ccccc1. The van der Waals surface area contributed by atoms with E-state index in [1.807, 2.05) is 80.6 Å². The molecule has 0 amide bonds. The van der Waals surface area contributed by atoms with Gasteiger partial charge in [0, 0.05) is 0 Å². The van der Waals surface area contributed by atoms with Gasteiger partial charge >= 0.3 is 5.97 Å². The third kappa shape index (κ3) is 5.92. The summed E-state index contributed by atoms with van der Waals surface area (Å²) in [6.45, 7) is 4.13. The Bertz CT molecular complexity index is 1150. The smallest absolute Gasteiger partial charge is 0.338 e. The summed E-state index contributed by atoms with van der Waals surface area (Å²) in [5, 5.41) is 11.6. The van der Waals surface area contributed by atoms with Gasteiger partial charge in [0.2, 0.25) is 0 Å². The van der Waals surface area contributed by atoms with Gasteiger partial charge in [-0.1, -0.05) is 78.9 Å². The van der Waals surface area contributed by atoms with E-state index in [4.69, 9.17) is 23.7 Å². The Hall–Kier alpha value is -3.07. The first-order valence-corrected chi connectivity index (χ1v) is 12.5. The van der Waals surface area contributed by atoms with Crippen LogP contribution >= 0.6 is 0 Å². The van der Waals surface area contributed by atoms with Crippen molar-refractivity contribution in [2.45, 2.75) is 69.5 Å². The monoisotopic (exact) mass is 504 g/mol. The third-order valence-corrected chi connectivity index (χ3v) is 6.63. The first-order chi connectivity index (χ1) is 17.9. The normalized spacial score (nSPS) is 28.4. The fourth-order valence-corrected chi connectivity index (χ4v) is 4.91. The molecule has 194 valence electrons. The minimum Gasteiger partial charge on any atom is -0.453 e. The third-order valence-electron chi connectivity index (χ3n) is 6.63. The van der Waals surface area contributed by atoms with Crippen molar-refractivity contribution in [2.75, 3.05) is 0 Å². The predicted molar refractivity (Wildman–Crippen MR) is 136 cm³/mol. The van der Waals surface area contributed by atoms with Crippen molar-refractivity contribution in [3.8, 4) is 0 Å². The zero-order chi connectivity index (χ0) is 25.8. The molecule has 1 saturated carbocycles. The Kier molecular flexibility index (Phi) is 7.69. The Morgan fingerprint density at radius 1 is 0.730 bits per heavy atom. The lowest BCUT2D eigenvalue weighted by molar-refractivity contribution is -0.223. The number of rotatable bonds is 8. The van der Waals surface area contributed by atoms with Crippen LogP contribution in [0.5, 0.6) is 0 Å². The minimum atomic E-state index is -1.21. The van der Waals surface area contributed by atoms with Gasteiger partial charge in [-0.05, 0) is 37.1 Å². The average Bonchev–Trinajstić information content (AvgIpc) is 3.24. The van der Waals surface area contributed by atoms with Crippen LogP contribution in [0.15, 0.2) is 91.0 Å². The molecule has 1 N–H and O–H groups in total. The molecule has 2 fully saturated rings. The lowest BCUT2D eigenvalue weighted by atomic mass is 9.84. The van der Waals surface area contributed by atoms with Crippen molar-refractivity contribution in [3.63, 3.8) is 0 Å². The molecule has 3 aromatic rings. The summed E-state index contributed by atoms with van der Waals surface area (Å²) in [7, 11) is 0. The van der Waals surface area contributed by atoms with Crippen molar-refractivity contribution in [2.24, 2.45) is 0 Å². The van der Waals surface area contributed by atoms with Crippen molar-refractivity contribution in [3.05, 3.63) is 108 Å². The number of aliphatic hydroxyl groups is 1. The number of carbonyl (C=O) groups is 1. The summed E-state index contributed by atoms with van der Waals surface area (Å²) in [6.07, 6.45) is -5.10. The van der Waals surface area contributed by atoms with E-state index in [1.54, 1.807) is 24.3 Å². The van der Waals surface area contributed by atoms with Crippen LogP contribution in [0, 0.1) is 0 Å². The second-order valence-corrected chi connectivity index (χ2v) is 9.81. The van der Waals surface area contributed by atoms with Crippen LogP contribution in [0.25, 0.3) is 0 Å². The molecular formula is C30H32O7. The molecule has 1 saturated heterocycles. The number of hydrogen-bond donors (Lipinski definition) is 1. The molecule has 0 aromatic heterocycles. The van der Waals surface area contributed by atoms with E-state index in [-0.39, 0.29) is 13.2 Å². The second-order valence-electron chi connectivity index (χ2n) is 9.81. The lowest BCUT2D eigenvalue weighted by Gasteiger charge is -2.44. The maximum atomic E-state index is 13.1. The fourth-order valence-electron chi connectivity index (χ4n) is 4.91. The summed E-state index contributed by atoms with van der Waals surface area (Å²) >= 11 is 0. The van der Waals surface area contributed by atoms with Gasteiger partial charge < -0.3 is 28.8 Å². The molecule has 5 rings (SSSR count). The zero-order valence-electron chi connectivity index (χ0n) is 20.9. The fraction of sp³-hybridized carbons (Fsp3) is 0.367. The molecule has 0 radical (unpaired) electrons. The summed E-state index contributed by atoms with van der Waals surface area (Å²) in [5.41, 5.74) is 2.27. The zero-order valence-corrected chi connectivity index (χ0v) is 20.9. The van der Waals surface area contributed by atoms with Crippen molar-refractivity contribution in [1.29, 1.82) is 0 Å². The van der Waals surface area contributed by atoms with Crippen LogP contribution in [0.1, 0.15) is 35.3 Å². The van der Waals surface area contributed by atoms with Crippen LogP contribution in [-0.4, -0.2) is 53.5 Å². The maximum Gasteiger partial charge on any atom is 0.338 e. The summed E-state index contributed by atoms with van der Waals surface area (Å²) < 4.78 is 30.9. The minimum absolute atomic E-state index is 0.250. The topological polar surface area (TPSA) is 83.5 Å². The Balaban J connectivity index is 1.43. The van der Waals surface area contributed by atoms with Crippen LogP contribution < -0.4 is 0 Å². The van der Waals surface area contributed by atoms with Gasteiger partial charge in [0.05, 0.1) is 18.8 Å². The van der Waals surface area contributed by atoms with Gasteiger partial charge in [-0.2, -0.15) is 0 Å². The number of esters is 1. The van der Waals surface area contributed by atoms with E-state index in [2.05, 4.69) is 0 Å². The average molecular weight is 505 g/mol. The van der Waals surface area contributed by atoms with E-state index in [9.17, 15) is 9.90 Å². The lowest BCUT2D eigenvalue weighted by Crippen LogP contribution is -2.65. The highest BCUT2D eigenvalue weighted by atomic mass is 16.8. The Morgan fingerprint density at radius 3 is 1.73 bits per heavy atom. The second kappa shape index (κ2) is 11.1. The molecule has 7 nitrogen and oxygen atoms in total. The number of carbonyl (C=O) groups excluding carboxylic acids is 1. The molecule has 1 aliphatic heterocycles. The molecule has 1 heterocycles. The number of hydrogen-bond acceptors (Lipinski definition) is 7. The van der Waals surface area contributed by atoms with Crippen LogP contribution in [-0.2, 0) is 36.9 Å². The molecule has 7 heteroatoms. The first-order valence-electron chi connectivity index (χ1n) is 12.5. The molecule has 0 bridgehead atoms. The van der Waals surface area contributed by atoms with Crippen molar-refractivity contribution >= 4 is 5.97 Å². The molecule has 0 spiro atoms. The van der Waals surface area contributed by atoms with E-state index >= 15 is 0 Å². The van der Waals surface area contributed by atoms with E-state index in [0.29, 0.717) is 5.56 Å². The summed E-state index contributed by atoms with van der Waals surface area (Å²) in [4.78, 5) is 13.1. The van der Waals surface area contributed by atoms with Gasteiger partial charge in [-0.15, -0.1) is 0 Å². The van der Waals surface area contributed by atoms with Gasteiger partial charge in [0.15, 0.2) is 11.9 Å². The van der Waals surface area contributed by atoms with Gasteiger partial charge in [-0.3, -0.25) is 0 Å². The summed E-state index contributed by atoms with van der Waals surface area (Å²) in [5.74, 6) is -1.49. The Morgan fingerprint density at radius 2 is 1.19 bits per heavy atom. The largest absolute Gasteiger partial charge is 0.453 e. The highest BCUT2D eigenvalue weighted by Gasteiger charge is 2.60. The molecule has 0 unspecified atom stereocenters. The van der Waals surface area contributed by atoms with E-state index in [1.165, 1.54) is 0 Å². The quantitative estimate of drug-likeness (QED) is 0.459. The number of ether oxygens (including phenoxy) is 5. The van der Waals surface area contributed by atoms with E-state index in [0.717, 1.165) is 11.1 Å². The Labute approximate surface area is 216 Å². The van der Waals surface area contributed by atoms with E-state index < -0.39 is 48.4 Å². The van der Waals surface area contributed by atoms with Gasteiger partial charge in [0.1, 0.15) is 30.5 Å². The molecular weight excluding hydrogens is 472 g/mol. The number of benzene rings is 3. The van der Waals surface area contributed by atoms with Crippen molar-refractivity contribution < 1.29 is 33.6 Å². The van der Waals surface area contributed by atoms with Crippen molar-refractivity contribution in [1.82, 2.24) is 0 Å². The number of fused-ring (bicyclic) bond motifs is 1. The molecule has 3 aromatic carbocycles. The van der Waals surface area contributed by atoms with Gasteiger partial charge in [0.25, 0.3) is 0 Å². The van der Waals surface area contributed by atoms with Crippen LogP contribution in [0.2, 0.25) is 0 Å². The van der Waals surface area contributed by atoms with Crippen LogP contribution in [0.3, 0.4) is 0 Å².